The molecule has 1 aliphatic heterocycles. The van der Waals surface area contributed by atoms with Crippen molar-refractivity contribution in [3.8, 4) is 0 Å². The van der Waals surface area contributed by atoms with Gasteiger partial charge >= 0.3 is 0 Å². The van der Waals surface area contributed by atoms with Gasteiger partial charge in [-0.2, -0.15) is 17.4 Å². The lowest BCUT2D eigenvalue weighted by Gasteiger charge is -2.43. The normalized spacial score (nSPS) is 29.1. The van der Waals surface area contributed by atoms with Crippen molar-refractivity contribution < 1.29 is 26.7 Å². The monoisotopic (exact) mass is 513 g/mol. The summed E-state index contributed by atoms with van der Waals surface area (Å²) in [7, 11) is -0.725. The molecule has 0 spiro atoms. The number of hydrogen-bond acceptors (Lipinski definition) is 4. The molecule has 1 heterocycles. The second kappa shape index (κ2) is 10.8. The van der Waals surface area contributed by atoms with Gasteiger partial charge < -0.3 is 9.64 Å². The van der Waals surface area contributed by atoms with Gasteiger partial charge in [0.15, 0.2) is 5.67 Å². The number of rotatable bonds is 8. The van der Waals surface area contributed by atoms with Crippen molar-refractivity contribution in [1.82, 2.24) is 13.9 Å². The summed E-state index contributed by atoms with van der Waals surface area (Å²) >= 11 is 0. The Morgan fingerprint density at radius 1 is 1.20 bits per heavy atom. The molecule has 0 aromatic heterocycles. The summed E-state index contributed by atoms with van der Waals surface area (Å²) in [5.74, 6) is -0.665. The van der Waals surface area contributed by atoms with Gasteiger partial charge in [-0.25, -0.2) is 8.78 Å². The molecule has 0 bridgehead atoms. The molecule has 7 nitrogen and oxygen atoms in total. The molecule has 1 N–H and O–H groups in total. The lowest BCUT2D eigenvalue weighted by atomic mass is 9.80. The van der Waals surface area contributed by atoms with Crippen LogP contribution in [0, 0.1) is 11.7 Å². The minimum atomic E-state index is -3.66. The highest BCUT2D eigenvalue weighted by molar-refractivity contribution is 7.87. The molecule has 1 aromatic rings. The van der Waals surface area contributed by atoms with Crippen LogP contribution >= 0.6 is 0 Å². The van der Waals surface area contributed by atoms with Crippen molar-refractivity contribution in [2.24, 2.45) is 5.92 Å². The van der Waals surface area contributed by atoms with Gasteiger partial charge in [0.25, 0.3) is 16.1 Å². The van der Waals surface area contributed by atoms with E-state index in [-0.39, 0.29) is 37.2 Å². The maximum Gasteiger partial charge on any atom is 0.279 e. The first-order valence-corrected chi connectivity index (χ1v) is 14.1. The maximum absolute atomic E-state index is 14.8. The second-order valence-electron chi connectivity index (χ2n) is 10.5. The van der Waals surface area contributed by atoms with Crippen LogP contribution in [-0.4, -0.2) is 75.1 Å². The van der Waals surface area contributed by atoms with Gasteiger partial charge in [-0.15, -0.1) is 0 Å². The Bertz CT molecular complexity index is 994. The number of benzene rings is 1. The van der Waals surface area contributed by atoms with Crippen molar-refractivity contribution in [2.75, 3.05) is 33.8 Å². The summed E-state index contributed by atoms with van der Waals surface area (Å²) < 4.78 is 63.5. The van der Waals surface area contributed by atoms with Crippen LogP contribution in [-0.2, 0) is 19.7 Å². The van der Waals surface area contributed by atoms with E-state index in [1.165, 1.54) is 20.2 Å². The van der Waals surface area contributed by atoms with Crippen molar-refractivity contribution in [2.45, 2.75) is 75.1 Å². The molecule has 3 fully saturated rings. The number of alkyl halides is 1. The van der Waals surface area contributed by atoms with Crippen molar-refractivity contribution in [1.29, 1.82) is 0 Å². The molecule has 2 atom stereocenters. The lowest BCUT2D eigenvalue weighted by Crippen LogP contribution is -2.59. The third-order valence-electron chi connectivity index (χ3n) is 7.87. The number of nitrogens with zero attached hydrogens (tertiary/aromatic N) is 2. The van der Waals surface area contributed by atoms with Crippen LogP contribution in [0.2, 0.25) is 0 Å². The van der Waals surface area contributed by atoms with Gasteiger partial charge in [-0.05, 0) is 75.0 Å². The van der Waals surface area contributed by atoms with Gasteiger partial charge in [0, 0.05) is 39.1 Å². The zero-order valence-corrected chi connectivity index (χ0v) is 21.4. The Kier molecular flexibility index (Phi) is 8.15. The molecule has 2 aliphatic carbocycles. The van der Waals surface area contributed by atoms with Gasteiger partial charge in [0.1, 0.15) is 5.82 Å². The number of piperidine rings is 1. The molecular formula is C25H37F2N3O4S. The van der Waals surface area contributed by atoms with Gasteiger partial charge in [-0.1, -0.05) is 12.1 Å². The topological polar surface area (TPSA) is 79.0 Å². The Hall–Kier alpha value is -1.62. The molecule has 1 amide bonds. The highest BCUT2D eigenvalue weighted by Gasteiger charge is 2.48. The number of nitrogens with one attached hydrogen (secondary N) is 1. The summed E-state index contributed by atoms with van der Waals surface area (Å²) in [4.78, 5) is 14.3. The van der Waals surface area contributed by atoms with E-state index in [9.17, 15) is 22.0 Å². The first-order valence-electron chi connectivity index (χ1n) is 12.6. The summed E-state index contributed by atoms with van der Waals surface area (Å²) in [6.07, 6.45) is 5.12. The standard InChI is InChI=1S/C25H37F2N3O4S/c1-29(2)35(32,33)28-23-11-14-30(24(31)25(27)12-4-13-25)16-20(23)17-34-22-9-7-18(8-10-22)19-5-3-6-21(26)15-19/h3,5-6,15,18,20,22-23,28H,4,7-14,16-17H2,1-2H3. The van der Waals surface area contributed by atoms with E-state index in [1.54, 1.807) is 17.0 Å². The van der Waals surface area contributed by atoms with Crippen LogP contribution in [0.15, 0.2) is 24.3 Å². The Morgan fingerprint density at radius 2 is 1.91 bits per heavy atom. The van der Waals surface area contributed by atoms with E-state index in [0.717, 1.165) is 35.6 Å². The minimum absolute atomic E-state index is 0.0242. The Labute approximate surface area is 207 Å². The second-order valence-corrected chi connectivity index (χ2v) is 12.4. The molecule has 196 valence electrons. The van der Waals surface area contributed by atoms with E-state index in [4.69, 9.17) is 4.74 Å². The number of amides is 1. The fourth-order valence-corrected chi connectivity index (χ4v) is 6.31. The van der Waals surface area contributed by atoms with Crippen LogP contribution in [0.25, 0.3) is 0 Å². The van der Waals surface area contributed by atoms with Gasteiger partial charge in [0.2, 0.25) is 0 Å². The largest absolute Gasteiger partial charge is 0.378 e. The Balaban J connectivity index is 1.36. The molecule has 35 heavy (non-hydrogen) atoms. The Morgan fingerprint density at radius 3 is 2.51 bits per heavy atom. The minimum Gasteiger partial charge on any atom is -0.378 e. The molecule has 10 heteroatoms. The van der Waals surface area contributed by atoms with E-state index in [0.29, 0.717) is 31.9 Å². The van der Waals surface area contributed by atoms with Gasteiger partial charge in [-0.3, -0.25) is 4.79 Å². The summed E-state index contributed by atoms with van der Waals surface area (Å²) in [6, 6.07) is 6.35. The number of carbonyl (C=O) groups is 1. The molecule has 2 saturated carbocycles. The average Bonchev–Trinajstić information content (AvgIpc) is 2.81. The summed E-state index contributed by atoms with van der Waals surface area (Å²) in [5, 5.41) is 0. The van der Waals surface area contributed by atoms with E-state index in [1.807, 2.05) is 6.07 Å². The number of likely N-dealkylation sites (tertiary alicyclic amines) is 1. The molecule has 3 aliphatic rings. The molecule has 0 radical (unpaired) electrons. The fourth-order valence-electron chi connectivity index (χ4n) is 5.40. The van der Waals surface area contributed by atoms with Crippen LogP contribution in [0.5, 0.6) is 0 Å². The van der Waals surface area contributed by atoms with E-state index < -0.39 is 27.8 Å². The average molecular weight is 514 g/mol. The van der Waals surface area contributed by atoms with Crippen molar-refractivity contribution in [3.63, 3.8) is 0 Å². The smallest absolute Gasteiger partial charge is 0.279 e. The molecule has 4 rings (SSSR count). The third kappa shape index (κ3) is 6.21. The van der Waals surface area contributed by atoms with E-state index >= 15 is 0 Å². The SMILES string of the molecule is CN(C)S(=O)(=O)NC1CCN(C(=O)C2(F)CCC2)CC1COC1CCC(c2cccc(F)c2)CC1. The number of carbonyl (C=O) groups excluding carboxylic acids is 1. The fraction of sp³-hybridized carbons (Fsp3) is 0.720. The van der Waals surface area contributed by atoms with Crippen LogP contribution in [0.4, 0.5) is 8.78 Å². The third-order valence-corrected chi connectivity index (χ3v) is 9.43. The molecule has 1 saturated heterocycles. The zero-order valence-electron chi connectivity index (χ0n) is 20.6. The highest BCUT2D eigenvalue weighted by Crippen LogP contribution is 2.39. The zero-order chi connectivity index (χ0) is 25.2. The first kappa shape index (κ1) is 26.4. The highest BCUT2D eigenvalue weighted by atomic mass is 32.2. The van der Waals surface area contributed by atoms with Gasteiger partial charge in [0.05, 0.1) is 12.7 Å². The number of halogens is 2. The predicted molar refractivity (Wildman–Crippen MR) is 129 cm³/mol. The maximum atomic E-state index is 14.8. The number of ether oxygens (including phenoxy) is 1. The number of hydrogen-bond donors (Lipinski definition) is 1. The summed E-state index contributed by atoms with van der Waals surface area (Å²) in [5.41, 5.74) is -0.754. The van der Waals surface area contributed by atoms with Crippen molar-refractivity contribution >= 4 is 16.1 Å². The molecule has 1 aromatic carbocycles. The van der Waals surface area contributed by atoms with Crippen LogP contribution in [0.3, 0.4) is 0 Å². The van der Waals surface area contributed by atoms with Crippen LogP contribution < -0.4 is 4.72 Å². The van der Waals surface area contributed by atoms with Crippen molar-refractivity contribution in [3.05, 3.63) is 35.6 Å². The summed E-state index contributed by atoms with van der Waals surface area (Å²) in [6.45, 7) is 0.878. The lowest BCUT2D eigenvalue weighted by molar-refractivity contribution is -0.153. The quantitative estimate of drug-likeness (QED) is 0.578. The van der Waals surface area contributed by atoms with E-state index in [2.05, 4.69) is 4.72 Å². The van der Waals surface area contributed by atoms with Crippen LogP contribution in [0.1, 0.15) is 62.8 Å². The molecule has 2 unspecified atom stereocenters. The predicted octanol–water partition coefficient (Wildman–Crippen LogP) is 3.37. The molecular weight excluding hydrogens is 476 g/mol. The first-order chi connectivity index (χ1) is 16.6.